The molecule has 2 aromatic heterocycles. The predicted octanol–water partition coefficient (Wildman–Crippen LogP) is -7.88. The lowest BCUT2D eigenvalue weighted by atomic mass is 10.1. The highest BCUT2D eigenvalue weighted by Gasteiger charge is 2.34. The summed E-state index contributed by atoms with van der Waals surface area (Å²) >= 11 is 0. The van der Waals surface area contributed by atoms with Gasteiger partial charge in [0, 0.05) is 33.1 Å². The van der Waals surface area contributed by atoms with Crippen molar-refractivity contribution in [3.8, 4) is 0 Å². The Morgan fingerprint density at radius 2 is 1.20 bits per heavy atom. The van der Waals surface area contributed by atoms with Crippen LogP contribution in [0.15, 0.2) is 11.1 Å². The molecule has 0 saturated carbocycles. The molecule has 0 aliphatic carbocycles. The number of morpholine rings is 1. The normalized spacial score (nSPS) is 15.7. The van der Waals surface area contributed by atoms with E-state index in [9.17, 15) is 47.7 Å². The van der Waals surface area contributed by atoms with Gasteiger partial charge in [-0.1, -0.05) is 0 Å². The molecule has 0 aromatic carbocycles. The fourth-order valence-corrected chi connectivity index (χ4v) is 7.61. The molecule has 6 atom stereocenters. The number of nitrogens with zero attached hydrogens (tertiary/aromatic N) is 5. The van der Waals surface area contributed by atoms with Crippen LogP contribution in [0.5, 0.6) is 0 Å². The monoisotopic (exact) mass is 1100 g/mol. The van der Waals surface area contributed by atoms with Gasteiger partial charge < -0.3 is 90.3 Å². The summed E-state index contributed by atoms with van der Waals surface area (Å²) < 4.78 is 26.9. The van der Waals surface area contributed by atoms with Crippen molar-refractivity contribution in [2.24, 2.45) is 17.2 Å². The van der Waals surface area contributed by atoms with Crippen molar-refractivity contribution < 1.29 is 52.2 Å². The standard InChI is InChI=1S/C40H70N23O12P/c1-21(64)51-13-26(65)56-23(7-4-10-48-37(41)42)33(69)52-14-27(66)57-24(8-5-11-49-38(43)44)34(70)53-15-28(67)58-25(9-6-12-50-39(45)46)35(71)54-16-29(68)62-17-22(19-74-76(73)61(2)3)75-30(18-62)63-20-55-31-32(63)59-40(47)60-36(31)72/h20,22-25,30,76H,4-19H2,1-3H3,(H,51,64)(H,52,69)(H,53,70)(H,54,71)(H,56,65)(H,57,66)(H,58,67)(H4,41,42,48)(H4,43,44,49)(H4,45,46,50)(H3,47,59,60,72)/t22-,23-,24-,25-,30+/m0/s1. The second-order valence-corrected chi connectivity index (χ2v) is 18.8. The topological polar surface area (TPSA) is 538 Å². The molecule has 8 amide bonds. The van der Waals surface area contributed by atoms with Gasteiger partial charge in [-0.15, -0.1) is 0 Å². The van der Waals surface area contributed by atoms with Gasteiger partial charge in [-0.25, -0.2) is 9.65 Å². The van der Waals surface area contributed by atoms with E-state index in [0.717, 1.165) is 0 Å². The van der Waals surface area contributed by atoms with Crippen LogP contribution in [-0.4, -0.2) is 198 Å². The molecule has 1 fully saturated rings. The van der Waals surface area contributed by atoms with E-state index in [1.165, 1.54) is 27.4 Å². The number of carbonyl (C=O) groups is 8. The van der Waals surface area contributed by atoms with E-state index in [0.29, 0.717) is 0 Å². The number of ether oxygens (including phenoxy) is 1. The fourth-order valence-electron chi connectivity index (χ4n) is 7.03. The second kappa shape index (κ2) is 31.5. The van der Waals surface area contributed by atoms with E-state index >= 15 is 0 Å². The van der Waals surface area contributed by atoms with E-state index < -0.39 is 118 Å². The van der Waals surface area contributed by atoms with Crippen LogP contribution in [0.4, 0.5) is 5.95 Å². The van der Waals surface area contributed by atoms with Crippen LogP contribution in [0, 0.1) is 16.2 Å². The molecule has 0 spiro atoms. The minimum Gasteiger partial charge on any atom is -0.370 e. The van der Waals surface area contributed by atoms with E-state index in [-0.39, 0.29) is 113 Å². The van der Waals surface area contributed by atoms with E-state index in [1.807, 2.05) is 0 Å². The number of nitrogen functional groups attached to an aromatic ring is 1. The first kappa shape index (κ1) is 62.1. The van der Waals surface area contributed by atoms with Crippen molar-refractivity contribution in [3.05, 3.63) is 16.7 Å². The van der Waals surface area contributed by atoms with Crippen LogP contribution < -0.4 is 81.7 Å². The van der Waals surface area contributed by atoms with Gasteiger partial charge in [0.1, 0.15) is 24.2 Å². The number of hydrogen-bond acceptors (Lipinski definition) is 18. The zero-order valence-corrected chi connectivity index (χ0v) is 43.2. The number of fused-ring (bicyclic) bond motifs is 1. The largest absolute Gasteiger partial charge is 0.370 e. The number of H-pyrrole nitrogens is 1. The van der Waals surface area contributed by atoms with Gasteiger partial charge in [-0.3, -0.25) is 73.5 Å². The first-order chi connectivity index (χ1) is 35.9. The number of nitrogens with one attached hydrogen (secondary N) is 14. The van der Waals surface area contributed by atoms with Gasteiger partial charge in [0.25, 0.3) is 13.7 Å². The number of anilines is 1. The van der Waals surface area contributed by atoms with Crippen molar-refractivity contribution in [1.29, 1.82) is 16.2 Å². The van der Waals surface area contributed by atoms with Gasteiger partial charge >= 0.3 is 0 Å². The van der Waals surface area contributed by atoms with E-state index in [1.54, 1.807) is 14.1 Å². The van der Waals surface area contributed by atoms with Crippen LogP contribution in [0.3, 0.4) is 0 Å². The summed E-state index contributed by atoms with van der Waals surface area (Å²) in [5, 5.41) is 47.0. The Hall–Kier alpha value is -8.17. The predicted molar refractivity (Wildman–Crippen MR) is 273 cm³/mol. The number of carbonyl (C=O) groups excluding carboxylic acids is 8. The average molecular weight is 1100 g/mol. The molecule has 2 aromatic rings. The van der Waals surface area contributed by atoms with Crippen LogP contribution in [-0.2, 0) is 52.2 Å². The third-order valence-electron chi connectivity index (χ3n) is 10.7. The minimum atomic E-state index is -2.66. The summed E-state index contributed by atoms with van der Waals surface area (Å²) in [4.78, 5) is 129. The van der Waals surface area contributed by atoms with Crippen molar-refractivity contribution in [3.63, 3.8) is 0 Å². The maximum absolute atomic E-state index is 13.8. The number of guanidine groups is 3. The summed E-state index contributed by atoms with van der Waals surface area (Å²) in [5.74, 6) is -7.19. The van der Waals surface area contributed by atoms with Crippen molar-refractivity contribution in [1.82, 2.24) is 82.3 Å². The molecule has 3 rings (SSSR count). The second-order valence-electron chi connectivity index (χ2n) is 17.1. The number of nitrogens with two attached hydrogens (primary N) is 4. The zero-order chi connectivity index (χ0) is 56.5. The zero-order valence-electron chi connectivity index (χ0n) is 42.2. The fraction of sp³-hybridized carbons (Fsp3) is 0.600. The number of aromatic nitrogens is 4. The molecule has 1 aliphatic rings. The Morgan fingerprint density at radius 3 is 1.63 bits per heavy atom. The van der Waals surface area contributed by atoms with Gasteiger partial charge in [-0.05, 0) is 52.6 Å². The lowest BCUT2D eigenvalue weighted by Crippen LogP contribution is -2.55. The van der Waals surface area contributed by atoms with Gasteiger partial charge in [0.05, 0.1) is 45.7 Å². The van der Waals surface area contributed by atoms with Crippen LogP contribution in [0.1, 0.15) is 51.7 Å². The van der Waals surface area contributed by atoms with Crippen molar-refractivity contribution in [2.75, 3.05) is 85.3 Å². The number of hydrogen-bond donors (Lipinski definition) is 18. The molecule has 0 bridgehead atoms. The molecule has 35 nitrogen and oxygen atoms in total. The first-order valence-corrected chi connectivity index (χ1v) is 24.9. The molecular formula is C40H70N23O12P. The summed E-state index contributed by atoms with van der Waals surface area (Å²) in [6.07, 6.45) is -0.0598. The van der Waals surface area contributed by atoms with Gasteiger partial charge in [0.2, 0.25) is 53.2 Å². The van der Waals surface area contributed by atoms with Crippen LogP contribution in [0.2, 0.25) is 0 Å². The average Bonchev–Trinajstić information content (AvgIpc) is 3.79. The number of aromatic amines is 1. The molecule has 0 radical (unpaired) electrons. The highest BCUT2D eigenvalue weighted by molar-refractivity contribution is 7.36. The third-order valence-corrected chi connectivity index (χ3v) is 11.8. The lowest BCUT2D eigenvalue weighted by Gasteiger charge is -2.38. The number of amides is 8. The summed E-state index contributed by atoms with van der Waals surface area (Å²) in [5.41, 5.74) is 21.2. The van der Waals surface area contributed by atoms with Gasteiger partial charge in [0.15, 0.2) is 35.3 Å². The molecule has 422 valence electrons. The highest BCUT2D eigenvalue weighted by atomic mass is 31.1. The summed E-state index contributed by atoms with van der Waals surface area (Å²) in [6.45, 7) is -1.25. The molecule has 22 N–H and O–H groups in total. The van der Waals surface area contributed by atoms with E-state index in [2.05, 4.69) is 68.1 Å². The maximum Gasteiger partial charge on any atom is 0.280 e. The van der Waals surface area contributed by atoms with Crippen molar-refractivity contribution >= 4 is 90.4 Å². The molecule has 1 saturated heterocycles. The van der Waals surface area contributed by atoms with Crippen LogP contribution in [0.25, 0.3) is 11.2 Å². The number of imidazole rings is 1. The molecular weight excluding hydrogens is 1030 g/mol. The summed E-state index contributed by atoms with van der Waals surface area (Å²) in [7, 11) is 0.451. The Balaban J connectivity index is 1.70. The molecule has 1 unspecified atom stereocenters. The first-order valence-electron chi connectivity index (χ1n) is 23.6. The quantitative estimate of drug-likeness (QED) is 0.0144. The molecule has 36 heteroatoms. The highest BCUT2D eigenvalue weighted by Crippen LogP contribution is 2.28. The maximum atomic E-state index is 13.8. The van der Waals surface area contributed by atoms with Crippen LogP contribution >= 0.6 is 8.18 Å². The molecule has 1 aliphatic heterocycles. The third kappa shape index (κ3) is 22.5. The lowest BCUT2D eigenvalue weighted by molar-refractivity contribution is -0.157. The number of rotatable bonds is 31. The Morgan fingerprint density at radius 1 is 0.750 bits per heavy atom. The van der Waals surface area contributed by atoms with Gasteiger partial charge in [-0.2, -0.15) is 4.98 Å². The van der Waals surface area contributed by atoms with Crippen molar-refractivity contribution in [2.45, 2.75) is 75.9 Å². The van der Waals surface area contributed by atoms with E-state index in [4.69, 9.17) is 48.4 Å². The summed E-state index contributed by atoms with van der Waals surface area (Å²) in [6, 6.07) is -3.80. The Kier molecular flexibility index (Phi) is 25.8. The molecule has 76 heavy (non-hydrogen) atoms. The Bertz CT molecular complexity index is 2490. The molecule has 3 heterocycles. The minimum absolute atomic E-state index is 0.0349. The Labute approximate surface area is 435 Å². The SMILES string of the molecule is CC(=O)NCC(=O)N[C@@H](CCCNC(=N)N)C(=O)NCC(=O)N[C@@H](CCCNC(=N)N)C(=O)NCC(=O)N[C@@H](CCCNC(=N)N)C(=O)NCC(=O)N1C[C@@H](CO[PH](=O)N(C)C)O[C@@H](n2cnc3c(=O)[nH]c(N)nc32)C1. The smallest absolute Gasteiger partial charge is 0.280 e.